The van der Waals surface area contributed by atoms with Gasteiger partial charge in [0.1, 0.15) is 5.75 Å². The highest BCUT2D eigenvalue weighted by molar-refractivity contribution is 5.71. The number of amides is 1. The predicted molar refractivity (Wildman–Crippen MR) is 71.6 cm³/mol. The summed E-state index contributed by atoms with van der Waals surface area (Å²) in [5, 5.41) is 0. The van der Waals surface area contributed by atoms with E-state index in [-0.39, 0.29) is 11.5 Å². The van der Waals surface area contributed by atoms with E-state index in [1.165, 1.54) is 0 Å². The first-order valence-corrected chi connectivity index (χ1v) is 6.48. The van der Waals surface area contributed by atoms with Gasteiger partial charge in [-0.15, -0.1) is 0 Å². The van der Waals surface area contributed by atoms with E-state index in [1.54, 1.807) is 12.1 Å². The molecule has 1 fully saturated rings. The van der Waals surface area contributed by atoms with Crippen LogP contribution in [0.3, 0.4) is 0 Å². The van der Waals surface area contributed by atoms with Crippen molar-refractivity contribution < 1.29 is 9.53 Å². The molecule has 3 nitrogen and oxygen atoms in total. The number of hydrogen-bond acceptors (Lipinski definition) is 2. The number of para-hydroxylation sites is 1. The molecule has 0 aliphatic carbocycles. The number of likely N-dealkylation sites (tertiary alicyclic amines) is 1. The van der Waals surface area contributed by atoms with Crippen LogP contribution in [0, 0.1) is 11.3 Å². The number of carbonyl (C=O) groups is 1. The van der Waals surface area contributed by atoms with Crippen LogP contribution in [0.1, 0.15) is 27.2 Å². The van der Waals surface area contributed by atoms with E-state index in [0.29, 0.717) is 11.7 Å². The number of hydrogen-bond donors (Lipinski definition) is 0. The molecule has 1 atom stereocenters. The third-order valence-corrected chi connectivity index (χ3v) is 3.62. The molecule has 0 radical (unpaired) electrons. The Morgan fingerprint density at radius 2 is 1.94 bits per heavy atom. The maximum Gasteiger partial charge on any atom is 0.415 e. The molecule has 1 aromatic rings. The zero-order valence-corrected chi connectivity index (χ0v) is 11.3. The summed E-state index contributed by atoms with van der Waals surface area (Å²) in [6.45, 7) is 8.28. The van der Waals surface area contributed by atoms with Gasteiger partial charge in [-0.1, -0.05) is 39.0 Å². The Kier molecular flexibility index (Phi) is 3.60. The lowest BCUT2D eigenvalue weighted by Gasteiger charge is -2.26. The molecule has 0 bridgehead atoms. The molecule has 1 aliphatic heterocycles. The predicted octanol–water partition coefficient (Wildman–Crippen LogP) is 3.55. The highest BCUT2D eigenvalue weighted by atomic mass is 16.6. The molecule has 1 aliphatic rings. The van der Waals surface area contributed by atoms with Crippen molar-refractivity contribution in [3.05, 3.63) is 30.3 Å². The fourth-order valence-electron chi connectivity index (χ4n) is 2.29. The van der Waals surface area contributed by atoms with Crippen LogP contribution >= 0.6 is 0 Å². The van der Waals surface area contributed by atoms with Crippen molar-refractivity contribution in [1.29, 1.82) is 0 Å². The average Bonchev–Trinajstić information content (AvgIpc) is 2.79. The number of benzene rings is 1. The van der Waals surface area contributed by atoms with E-state index >= 15 is 0 Å². The molecule has 1 aromatic carbocycles. The van der Waals surface area contributed by atoms with Crippen molar-refractivity contribution in [2.75, 3.05) is 13.1 Å². The van der Waals surface area contributed by atoms with Crippen LogP contribution in [0.15, 0.2) is 30.3 Å². The largest absolute Gasteiger partial charge is 0.415 e. The maximum absolute atomic E-state index is 12.0. The molecule has 0 N–H and O–H groups in total. The minimum atomic E-state index is -0.229. The van der Waals surface area contributed by atoms with E-state index in [9.17, 15) is 4.79 Å². The second-order valence-corrected chi connectivity index (χ2v) is 5.98. The standard InChI is InChI=1S/C15H21NO2/c1-15(2,3)12-9-10-16(11-12)14(17)18-13-7-5-4-6-8-13/h4-8,12H,9-11H2,1-3H3. The van der Waals surface area contributed by atoms with Gasteiger partial charge in [0.2, 0.25) is 0 Å². The molecule has 2 rings (SSSR count). The Morgan fingerprint density at radius 1 is 1.28 bits per heavy atom. The highest BCUT2D eigenvalue weighted by Crippen LogP contribution is 2.33. The Hall–Kier alpha value is -1.51. The summed E-state index contributed by atoms with van der Waals surface area (Å²) >= 11 is 0. The fraction of sp³-hybridized carbons (Fsp3) is 0.533. The van der Waals surface area contributed by atoms with Gasteiger partial charge >= 0.3 is 6.09 Å². The topological polar surface area (TPSA) is 29.5 Å². The van der Waals surface area contributed by atoms with Crippen molar-refractivity contribution in [3.8, 4) is 5.75 Å². The fourth-order valence-corrected chi connectivity index (χ4v) is 2.29. The van der Waals surface area contributed by atoms with Crippen molar-refractivity contribution in [2.45, 2.75) is 27.2 Å². The zero-order chi connectivity index (χ0) is 13.2. The minimum Gasteiger partial charge on any atom is -0.410 e. The summed E-state index contributed by atoms with van der Waals surface area (Å²) in [5.74, 6) is 1.17. The summed E-state index contributed by atoms with van der Waals surface area (Å²) in [6.07, 6.45) is 0.834. The SMILES string of the molecule is CC(C)(C)C1CCN(C(=O)Oc2ccccc2)C1. The molecule has 1 heterocycles. The second kappa shape index (κ2) is 5.01. The first-order valence-electron chi connectivity index (χ1n) is 6.48. The van der Waals surface area contributed by atoms with E-state index in [0.717, 1.165) is 19.5 Å². The molecule has 0 spiro atoms. The normalized spacial score (nSPS) is 19.9. The number of carbonyl (C=O) groups excluding carboxylic acids is 1. The molecular formula is C15H21NO2. The molecule has 1 saturated heterocycles. The summed E-state index contributed by atoms with van der Waals surface area (Å²) in [6, 6.07) is 9.24. The third-order valence-electron chi connectivity index (χ3n) is 3.62. The van der Waals surface area contributed by atoms with Gasteiger partial charge in [0.25, 0.3) is 0 Å². The third kappa shape index (κ3) is 3.03. The van der Waals surface area contributed by atoms with Gasteiger partial charge in [-0.05, 0) is 29.9 Å². The van der Waals surface area contributed by atoms with Gasteiger partial charge in [0.15, 0.2) is 0 Å². The van der Waals surface area contributed by atoms with Crippen molar-refractivity contribution in [1.82, 2.24) is 4.90 Å². The van der Waals surface area contributed by atoms with Crippen molar-refractivity contribution in [2.24, 2.45) is 11.3 Å². The molecular weight excluding hydrogens is 226 g/mol. The van der Waals surface area contributed by atoms with Gasteiger partial charge < -0.3 is 9.64 Å². The number of rotatable bonds is 1. The van der Waals surface area contributed by atoms with E-state index < -0.39 is 0 Å². The first-order chi connectivity index (χ1) is 8.47. The van der Waals surface area contributed by atoms with Crippen LogP contribution in [0.5, 0.6) is 5.75 Å². The Morgan fingerprint density at radius 3 is 2.50 bits per heavy atom. The number of nitrogens with zero attached hydrogens (tertiary/aromatic N) is 1. The van der Waals surface area contributed by atoms with E-state index in [4.69, 9.17) is 4.74 Å². The minimum absolute atomic E-state index is 0.229. The Balaban J connectivity index is 1.92. The Labute approximate surface area is 109 Å². The molecule has 18 heavy (non-hydrogen) atoms. The maximum atomic E-state index is 12.0. The van der Waals surface area contributed by atoms with Crippen molar-refractivity contribution >= 4 is 6.09 Å². The second-order valence-electron chi connectivity index (χ2n) is 5.98. The molecule has 1 amide bonds. The monoisotopic (exact) mass is 247 g/mol. The summed E-state index contributed by atoms with van der Waals surface area (Å²) in [7, 11) is 0. The van der Waals surface area contributed by atoms with E-state index in [1.807, 2.05) is 23.1 Å². The smallest absolute Gasteiger partial charge is 0.410 e. The van der Waals surface area contributed by atoms with Crippen LogP contribution < -0.4 is 4.74 Å². The van der Waals surface area contributed by atoms with Crippen LogP contribution in [0.2, 0.25) is 0 Å². The van der Waals surface area contributed by atoms with Gasteiger partial charge in [0, 0.05) is 13.1 Å². The lowest BCUT2D eigenvalue weighted by Crippen LogP contribution is -2.33. The lowest BCUT2D eigenvalue weighted by molar-refractivity contribution is 0.155. The molecule has 98 valence electrons. The van der Waals surface area contributed by atoms with Gasteiger partial charge in [-0.25, -0.2) is 4.79 Å². The van der Waals surface area contributed by atoms with Crippen LogP contribution in [0.25, 0.3) is 0 Å². The van der Waals surface area contributed by atoms with Gasteiger partial charge in [-0.3, -0.25) is 0 Å². The average molecular weight is 247 g/mol. The molecule has 1 unspecified atom stereocenters. The van der Waals surface area contributed by atoms with Gasteiger partial charge in [0.05, 0.1) is 0 Å². The van der Waals surface area contributed by atoms with E-state index in [2.05, 4.69) is 20.8 Å². The van der Waals surface area contributed by atoms with Crippen LogP contribution in [-0.2, 0) is 0 Å². The highest BCUT2D eigenvalue weighted by Gasteiger charge is 2.34. The van der Waals surface area contributed by atoms with Crippen LogP contribution in [-0.4, -0.2) is 24.1 Å². The molecule has 3 heteroatoms. The van der Waals surface area contributed by atoms with Crippen molar-refractivity contribution in [3.63, 3.8) is 0 Å². The van der Waals surface area contributed by atoms with Gasteiger partial charge in [-0.2, -0.15) is 0 Å². The summed E-state index contributed by atoms with van der Waals surface area (Å²) < 4.78 is 5.35. The molecule has 0 saturated carbocycles. The number of ether oxygens (including phenoxy) is 1. The quantitative estimate of drug-likeness (QED) is 0.759. The summed E-state index contributed by atoms with van der Waals surface area (Å²) in [4.78, 5) is 13.8. The summed E-state index contributed by atoms with van der Waals surface area (Å²) in [5.41, 5.74) is 0.252. The van der Waals surface area contributed by atoms with Crippen LogP contribution in [0.4, 0.5) is 4.79 Å². The zero-order valence-electron chi connectivity index (χ0n) is 11.3. The Bertz CT molecular complexity index is 408. The lowest BCUT2D eigenvalue weighted by atomic mass is 9.80. The molecule has 0 aromatic heterocycles. The first kappa shape index (κ1) is 12.9.